The Labute approximate surface area is 200 Å². The van der Waals surface area contributed by atoms with Crippen LogP contribution in [-0.2, 0) is 35.2 Å². The second-order valence-corrected chi connectivity index (χ2v) is 8.05. The molecule has 0 saturated carbocycles. The molecule has 15 heteroatoms. The van der Waals surface area contributed by atoms with Crippen LogP contribution in [0.1, 0.15) is 38.8 Å². The number of aromatic nitrogens is 2. The predicted molar refractivity (Wildman–Crippen MR) is 121 cm³/mol. The van der Waals surface area contributed by atoms with Gasteiger partial charge in [0, 0.05) is 18.3 Å². The van der Waals surface area contributed by atoms with Gasteiger partial charge in [0.25, 0.3) is 0 Å². The quantitative estimate of drug-likeness (QED) is 0.120. The summed E-state index contributed by atoms with van der Waals surface area (Å²) in [7, 11) is 0. The Morgan fingerprint density at radius 2 is 1.43 bits per heavy atom. The molecule has 5 atom stereocenters. The van der Waals surface area contributed by atoms with Crippen molar-refractivity contribution in [1.82, 2.24) is 25.9 Å². The average Bonchev–Trinajstić information content (AvgIpc) is 3.28. The van der Waals surface area contributed by atoms with Gasteiger partial charge in [-0.15, -0.1) is 0 Å². The lowest BCUT2D eigenvalue weighted by Crippen LogP contribution is -2.59. The first-order chi connectivity index (χ1) is 16.3. The number of carboxylic acid groups (broad SMARTS) is 1. The van der Waals surface area contributed by atoms with Crippen molar-refractivity contribution in [3.63, 3.8) is 0 Å². The normalized spacial score (nSPS) is 15.1. The fraction of sp³-hybridized carbons (Fsp3) is 0.550. The van der Waals surface area contributed by atoms with Gasteiger partial charge in [-0.3, -0.25) is 24.0 Å². The number of H-pyrrole nitrogens is 1. The van der Waals surface area contributed by atoms with Crippen molar-refractivity contribution < 1.29 is 33.9 Å². The predicted octanol–water partition coefficient (Wildman–Crippen LogP) is -3.38. The van der Waals surface area contributed by atoms with Gasteiger partial charge < -0.3 is 43.2 Å². The number of imidazole rings is 1. The van der Waals surface area contributed by atoms with Crippen LogP contribution < -0.4 is 33.2 Å². The zero-order valence-electron chi connectivity index (χ0n) is 19.4. The molecule has 0 bridgehead atoms. The third kappa shape index (κ3) is 9.79. The molecule has 194 valence electrons. The molecule has 0 aliphatic rings. The number of hydrogen-bond acceptors (Lipinski definition) is 8. The number of carbonyl (C=O) groups excluding carboxylic acids is 5. The molecule has 1 rings (SSSR count). The number of carbonyl (C=O) groups is 6. The Hall–Kier alpha value is -4.01. The van der Waals surface area contributed by atoms with Gasteiger partial charge >= 0.3 is 5.97 Å². The molecular formula is C20H32N8O7. The van der Waals surface area contributed by atoms with E-state index in [0.717, 1.165) is 0 Å². The summed E-state index contributed by atoms with van der Waals surface area (Å²) in [6.07, 6.45) is 1.81. The van der Waals surface area contributed by atoms with Crippen LogP contribution in [-0.4, -0.2) is 74.7 Å². The van der Waals surface area contributed by atoms with Gasteiger partial charge in [-0.05, 0) is 5.92 Å². The Balaban J connectivity index is 3.01. The zero-order valence-corrected chi connectivity index (χ0v) is 19.4. The van der Waals surface area contributed by atoms with Gasteiger partial charge in [0.2, 0.25) is 29.5 Å². The number of rotatable bonds is 15. The van der Waals surface area contributed by atoms with Crippen LogP contribution in [0.5, 0.6) is 0 Å². The molecule has 0 fully saturated rings. The number of hydrogen-bond donors (Lipinski definition) is 8. The molecule has 0 aromatic carbocycles. The van der Waals surface area contributed by atoms with E-state index in [1.54, 1.807) is 6.92 Å². The van der Waals surface area contributed by atoms with Crippen LogP contribution in [0.4, 0.5) is 0 Å². The number of amides is 5. The van der Waals surface area contributed by atoms with Gasteiger partial charge in [-0.2, -0.15) is 0 Å². The van der Waals surface area contributed by atoms with Crippen molar-refractivity contribution in [2.45, 2.75) is 63.7 Å². The van der Waals surface area contributed by atoms with Crippen LogP contribution in [0.15, 0.2) is 12.5 Å². The molecule has 0 aliphatic heterocycles. The van der Waals surface area contributed by atoms with Crippen LogP contribution in [0.3, 0.4) is 0 Å². The number of aliphatic carboxylic acids is 1. The highest BCUT2D eigenvalue weighted by Gasteiger charge is 2.32. The van der Waals surface area contributed by atoms with Crippen LogP contribution >= 0.6 is 0 Å². The molecule has 11 N–H and O–H groups in total. The van der Waals surface area contributed by atoms with Crippen molar-refractivity contribution in [1.29, 1.82) is 0 Å². The molecule has 0 saturated heterocycles. The third-order valence-electron chi connectivity index (χ3n) is 5.23. The Bertz CT molecular complexity index is 921. The maximum Gasteiger partial charge on any atom is 0.326 e. The minimum atomic E-state index is -1.60. The van der Waals surface area contributed by atoms with Crippen molar-refractivity contribution >= 4 is 35.5 Å². The molecule has 1 aromatic rings. The summed E-state index contributed by atoms with van der Waals surface area (Å²) in [5, 5.41) is 16.2. The molecule has 0 spiro atoms. The van der Waals surface area contributed by atoms with Gasteiger partial charge in [-0.25, -0.2) is 9.78 Å². The van der Waals surface area contributed by atoms with Crippen LogP contribution in [0.25, 0.3) is 0 Å². The standard InChI is InChI=1S/C20H32N8O7/c1-3-9(2)16(23)19(33)27-12(6-15(22)30)17(31)26-11(5-14(21)29)18(32)28-13(20(34)35)4-10-7-24-8-25-10/h7-9,11-13,16H,3-6,23H2,1-2H3,(H2,21,29)(H2,22,30)(H,24,25)(H,26,31)(H,27,33)(H,28,32)(H,34,35). The molecule has 35 heavy (non-hydrogen) atoms. The molecular weight excluding hydrogens is 464 g/mol. The zero-order chi connectivity index (χ0) is 26.7. The fourth-order valence-electron chi connectivity index (χ4n) is 2.96. The maximum absolute atomic E-state index is 12.8. The first-order valence-corrected chi connectivity index (χ1v) is 10.8. The Morgan fingerprint density at radius 3 is 1.83 bits per heavy atom. The van der Waals surface area contributed by atoms with Gasteiger partial charge in [0.1, 0.15) is 18.1 Å². The molecule has 1 aromatic heterocycles. The summed E-state index contributed by atoms with van der Waals surface area (Å²) in [5.74, 6) is -6.27. The van der Waals surface area contributed by atoms with Gasteiger partial charge in [0.15, 0.2) is 0 Å². The van der Waals surface area contributed by atoms with E-state index in [1.807, 2.05) is 6.92 Å². The van der Waals surface area contributed by atoms with Crippen LogP contribution in [0, 0.1) is 5.92 Å². The largest absolute Gasteiger partial charge is 0.480 e. The van der Waals surface area contributed by atoms with E-state index in [1.165, 1.54) is 12.5 Å². The number of primary amides is 2. The van der Waals surface area contributed by atoms with Crippen molar-refractivity contribution in [2.75, 3.05) is 0 Å². The van der Waals surface area contributed by atoms with Gasteiger partial charge in [0.05, 0.1) is 25.2 Å². The van der Waals surface area contributed by atoms with E-state index in [9.17, 15) is 33.9 Å². The molecule has 5 unspecified atom stereocenters. The first kappa shape index (κ1) is 29.0. The van der Waals surface area contributed by atoms with Crippen molar-refractivity contribution in [3.05, 3.63) is 18.2 Å². The van der Waals surface area contributed by atoms with Crippen molar-refractivity contribution in [3.8, 4) is 0 Å². The Morgan fingerprint density at radius 1 is 0.943 bits per heavy atom. The second-order valence-electron chi connectivity index (χ2n) is 8.05. The van der Waals surface area contributed by atoms with Crippen LogP contribution in [0.2, 0.25) is 0 Å². The highest BCUT2D eigenvalue weighted by Crippen LogP contribution is 2.07. The second kappa shape index (κ2) is 13.6. The summed E-state index contributed by atoms with van der Waals surface area (Å²) in [6, 6.07) is -5.51. The summed E-state index contributed by atoms with van der Waals surface area (Å²) >= 11 is 0. The Kier molecular flexibility index (Phi) is 11.3. The highest BCUT2D eigenvalue weighted by atomic mass is 16.4. The topological polar surface area (TPSA) is 265 Å². The van der Waals surface area contributed by atoms with E-state index in [0.29, 0.717) is 12.1 Å². The first-order valence-electron chi connectivity index (χ1n) is 10.8. The number of nitrogens with two attached hydrogens (primary N) is 3. The summed E-state index contributed by atoms with van der Waals surface area (Å²) in [6.45, 7) is 3.54. The number of nitrogens with zero attached hydrogens (tertiary/aromatic N) is 1. The molecule has 0 radical (unpaired) electrons. The fourth-order valence-corrected chi connectivity index (χ4v) is 2.96. The lowest BCUT2D eigenvalue weighted by molar-refractivity contribution is -0.142. The van der Waals surface area contributed by atoms with Gasteiger partial charge in [-0.1, -0.05) is 20.3 Å². The maximum atomic E-state index is 12.8. The molecule has 5 amide bonds. The lowest BCUT2D eigenvalue weighted by atomic mass is 9.99. The van der Waals surface area contributed by atoms with E-state index < -0.39 is 72.5 Å². The smallest absolute Gasteiger partial charge is 0.326 e. The lowest BCUT2D eigenvalue weighted by Gasteiger charge is -2.25. The molecule has 0 aliphatic carbocycles. The van der Waals surface area contributed by atoms with E-state index in [2.05, 4.69) is 25.9 Å². The third-order valence-corrected chi connectivity index (χ3v) is 5.23. The van der Waals surface area contributed by atoms with Crippen molar-refractivity contribution in [2.24, 2.45) is 23.1 Å². The number of aromatic amines is 1. The summed E-state index contributed by atoms with van der Waals surface area (Å²) in [4.78, 5) is 79.0. The number of nitrogens with one attached hydrogen (secondary N) is 4. The number of carboxylic acids is 1. The van der Waals surface area contributed by atoms with E-state index >= 15 is 0 Å². The summed E-state index contributed by atoms with van der Waals surface area (Å²) in [5.41, 5.74) is 16.6. The average molecular weight is 497 g/mol. The molecule has 1 heterocycles. The van der Waals surface area contributed by atoms with E-state index in [-0.39, 0.29) is 12.3 Å². The van der Waals surface area contributed by atoms with E-state index in [4.69, 9.17) is 17.2 Å². The summed E-state index contributed by atoms with van der Waals surface area (Å²) < 4.78 is 0. The SMILES string of the molecule is CCC(C)C(N)C(=O)NC(CC(N)=O)C(=O)NC(CC(N)=O)C(=O)NC(Cc1cnc[nH]1)C(=O)O. The monoisotopic (exact) mass is 496 g/mol. The molecule has 15 nitrogen and oxygen atoms in total. The minimum absolute atomic E-state index is 0.161. The highest BCUT2D eigenvalue weighted by molar-refractivity contribution is 5.97. The minimum Gasteiger partial charge on any atom is -0.480 e.